The van der Waals surface area contributed by atoms with E-state index in [0.29, 0.717) is 21.3 Å². The van der Waals surface area contributed by atoms with Crippen molar-refractivity contribution in [1.82, 2.24) is 9.78 Å². The Balaban J connectivity index is 2.53. The van der Waals surface area contributed by atoms with E-state index >= 15 is 0 Å². The fourth-order valence-electron chi connectivity index (χ4n) is 1.48. The molecule has 0 unspecified atom stereocenters. The minimum atomic E-state index is -1.06. The Labute approximate surface area is 107 Å². The summed E-state index contributed by atoms with van der Waals surface area (Å²) in [6.45, 7) is 1.68. The minimum absolute atomic E-state index is 0.0149. The highest BCUT2D eigenvalue weighted by molar-refractivity contribution is 6.34. The Morgan fingerprint density at radius 2 is 1.88 bits per heavy atom. The molecule has 4 nitrogen and oxygen atoms in total. The van der Waals surface area contributed by atoms with Gasteiger partial charge in [0.1, 0.15) is 0 Å². The molecule has 17 heavy (non-hydrogen) atoms. The van der Waals surface area contributed by atoms with Gasteiger partial charge in [0.2, 0.25) is 0 Å². The summed E-state index contributed by atoms with van der Waals surface area (Å²) in [6.07, 6.45) is 1.62. The normalized spacial score (nSPS) is 10.5. The molecular formula is C11H8Cl2N2O2. The molecule has 6 heteroatoms. The lowest BCUT2D eigenvalue weighted by atomic mass is 10.3. The number of carbonyl (C=O) groups is 1. The third kappa shape index (κ3) is 2.43. The van der Waals surface area contributed by atoms with Gasteiger partial charge in [0.25, 0.3) is 0 Å². The van der Waals surface area contributed by atoms with E-state index in [9.17, 15) is 4.79 Å². The second kappa shape index (κ2) is 4.39. The topological polar surface area (TPSA) is 55.1 Å². The summed E-state index contributed by atoms with van der Waals surface area (Å²) in [7, 11) is 0. The lowest BCUT2D eigenvalue weighted by Crippen LogP contribution is -2.01. The number of hydrogen-bond donors (Lipinski definition) is 1. The molecule has 0 spiro atoms. The van der Waals surface area contributed by atoms with Crippen LogP contribution in [0, 0.1) is 6.92 Å². The molecule has 1 heterocycles. The van der Waals surface area contributed by atoms with Crippen LogP contribution in [-0.4, -0.2) is 20.9 Å². The number of hydrogen-bond acceptors (Lipinski definition) is 2. The molecule has 0 saturated carbocycles. The molecule has 1 aromatic carbocycles. The molecule has 0 atom stereocenters. The Morgan fingerprint density at radius 3 is 2.35 bits per heavy atom. The van der Waals surface area contributed by atoms with Gasteiger partial charge in [-0.25, -0.2) is 9.48 Å². The van der Waals surface area contributed by atoms with Gasteiger partial charge in [-0.3, -0.25) is 0 Å². The molecule has 2 rings (SSSR count). The van der Waals surface area contributed by atoms with Gasteiger partial charge in [-0.15, -0.1) is 0 Å². The third-order valence-corrected chi connectivity index (χ3v) is 2.65. The number of aryl methyl sites for hydroxylation is 1. The molecule has 0 aliphatic rings. The van der Waals surface area contributed by atoms with E-state index in [2.05, 4.69) is 5.10 Å². The molecule has 0 aliphatic carbocycles. The predicted octanol–water partition coefficient (Wildman–Crippen LogP) is 3.19. The summed E-state index contributed by atoms with van der Waals surface area (Å²) in [5.41, 5.74) is 1.22. The Bertz CT molecular complexity index is 573. The number of aromatic nitrogens is 2. The highest BCUT2D eigenvalue weighted by atomic mass is 35.5. The smallest absolute Gasteiger partial charge is 0.356 e. The Hall–Kier alpha value is -1.52. The molecule has 0 radical (unpaired) electrons. The van der Waals surface area contributed by atoms with E-state index in [1.165, 1.54) is 4.68 Å². The maximum Gasteiger partial charge on any atom is 0.356 e. The van der Waals surface area contributed by atoms with Gasteiger partial charge in [0.05, 0.1) is 5.69 Å². The van der Waals surface area contributed by atoms with Crippen LogP contribution in [-0.2, 0) is 0 Å². The molecule has 0 fully saturated rings. The number of aromatic carboxylic acids is 1. The molecule has 2 aromatic rings. The lowest BCUT2D eigenvalue weighted by molar-refractivity contribution is 0.0689. The van der Waals surface area contributed by atoms with Crippen LogP contribution in [0.5, 0.6) is 0 Å². The van der Waals surface area contributed by atoms with Crippen molar-refractivity contribution >= 4 is 29.2 Å². The van der Waals surface area contributed by atoms with Crippen LogP contribution in [0.4, 0.5) is 0 Å². The minimum Gasteiger partial charge on any atom is -0.476 e. The third-order valence-electron chi connectivity index (χ3n) is 2.21. The quantitative estimate of drug-likeness (QED) is 0.912. The largest absolute Gasteiger partial charge is 0.476 e. The van der Waals surface area contributed by atoms with Crippen molar-refractivity contribution in [3.05, 3.63) is 45.7 Å². The van der Waals surface area contributed by atoms with Gasteiger partial charge in [0.15, 0.2) is 5.69 Å². The van der Waals surface area contributed by atoms with Gasteiger partial charge in [0, 0.05) is 21.8 Å². The van der Waals surface area contributed by atoms with Crippen molar-refractivity contribution < 1.29 is 9.90 Å². The van der Waals surface area contributed by atoms with Crippen LogP contribution in [0.1, 0.15) is 16.1 Å². The SMILES string of the molecule is Cc1cn(-c2cc(Cl)cc(Cl)c2)nc1C(=O)O. The first-order valence-electron chi connectivity index (χ1n) is 4.73. The van der Waals surface area contributed by atoms with Gasteiger partial charge < -0.3 is 5.11 Å². The predicted molar refractivity (Wildman–Crippen MR) is 65.3 cm³/mol. The van der Waals surface area contributed by atoms with Crippen molar-refractivity contribution in [3.63, 3.8) is 0 Å². The summed E-state index contributed by atoms with van der Waals surface area (Å²) in [5.74, 6) is -1.06. The summed E-state index contributed by atoms with van der Waals surface area (Å²) < 4.78 is 1.44. The van der Waals surface area contributed by atoms with Crippen molar-refractivity contribution in [1.29, 1.82) is 0 Å². The first-order chi connectivity index (χ1) is 7.97. The van der Waals surface area contributed by atoms with Gasteiger partial charge in [-0.05, 0) is 25.1 Å². The molecule has 1 N–H and O–H groups in total. The van der Waals surface area contributed by atoms with Crippen molar-refractivity contribution in [2.24, 2.45) is 0 Å². The van der Waals surface area contributed by atoms with E-state index in [0.717, 1.165) is 0 Å². The van der Waals surface area contributed by atoms with Crippen molar-refractivity contribution in [2.45, 2.75) is 6.92 Å². The summed E-state index contributed by atoms with van der Waals surface area (Å²) >= 11 is 11.7. The zero-order chi connectivity index (χ0) is 12.6. The molecule has 0 saturated heterocycles. The van der Waals surface area contributed by atoms with E-state index in [1.54, 1.807) is 31.3 Å². The van der Waals surface area contributed by atoms with E-state index in [1.807, 2.05) is 0 Å². The Morgan fingerprint density at radius 1 is 1.29 bits per heavy atom. The average Bonchev–Trinajstić information content (AvgIpc) is 2.59. The number of halogens is 2. The van der Waals surface area contributed by atoms with Crippen LogP contribution < -0.4 is 0 Å². The fraction of sp³-hybridized carbons (Fsp3) is 0.0909. The van der Waals surface area contributed by atoms with Crippen LogP contribution >= 0.6 is 23.2 Å². The van der Waals surface area contributed by atoms with Gasteiger partial charge in [-0.1, -0.05) is 23.2 Å². The van der Waals surface area contributed by atoms with E-state index < -0.39 is 5.97 Å². The van der Waals surface area contributed by atoms with Crippen LogP contribution in [0.15, 0.2) is 24.4 Å². The van der Waals surface area contributed by atoms with Crippen LogP contribution in [0.25, 0.3) is 5.69 Å². The van der Waals surface area contributed by atoms with E-state index in [-0.39, 0.29) is 5.69 Å². The number of carboxylic acid groups (broad SMARTS) is 1. The van der Waals surface area contributed by atoms with Crippen LogP contribution in [0.3, 0.4) is 0 Å². The first-order valence-corrected chi connectivity index (χ1v) is 5.49. The van der Waals surface area contributed by atoms with Crippen molar-refractivity contribution in [3.8, 4) is 5.69 Å². The molecule has 88 valence electrons. The highest BCUT2D eigenvalue weighted by Crippen LogP contribution is 2.22. The highest BCUT2D eigenvalue weighted by Gasteiger charge is 2.13. The van der Waals surface area contributed by atoms with E-state index in [4.69, 9.17) is 28.3 Å². The summed E-state index contributed by atoms with van der Waals surface area (Å²) in [4.78, 5) is 10.9. The van der Waals surface area contributed by atoms with Gasteiger partial charge >= 0.3 is 5.97 Å². The number of nitrogens with zero attached hydrogens (tertiary/aromatic N) is 2. The second-order valence-corrected chi connectivity index (χ2v) is 4.41. The number of rotatable bonds is 2. The number of carboxylic acids is 1. The fourth-order valence-corrected chi connectivity index (χ4v) is 1.99. The monoisotopic (exact) mass is 270 g/mol. The average molecular weight is 271 g/mol. The summed E-state index contributed by atoms with van der Waals surface area (Å²) in [5, 5.41) is 13.8. The zero-order valence-corrected chi connectivity index (χ0v) is 10.3. The zero-order valence-electron chi connectivity index (χ0n) is 8.82. The molecular weight excluding hydrogens is 263 g/mol. The Kier molecular flexibility index (Phi) is 3.09. The summed E-state index contributed by atoms with van der Waals surface area (Å²) in [6, 6.07) is 4.91. The molecule has 1 aromatic heterocycles. The standard InChI is InChI=1S/C11H8Cl2N2O2/c1-6-5-15(14-10(6)11(16)17)9-3-7(12)2-8(13)4-9/h2-5H,1H3,(H,16,17). The van der Waals surface area contributed by atoms with Crippen LogP contribution in [0.2, 0.25) is 10.0 Å². The first kappa shape index (κ1) is 12.0. The molecule has 0 aliphatic heterocycles. The van der Waals surface area contributed by atoms with Crippen molar-refractivity contribution in [2.75, 3.05) is 0 Å². The lowest BCUT2D eigenvalue weighted by Gasteiger charge is -2.02. The molecule has 0 amide bonds. The van der Waals surface area contributed by atoms with Gasteiger partial charge in [-0.2, -0.15) is 5.10 Å². The molecule has 0 bridgehead atoms. The maximum absolute atomic E-state index is 10.9. The maximum atomic E-state index is 10.9. The number of benzene rings is 1. The second-order valence-electron chi connectivity index (χ2n) is 3.54.